The molecule has 114 valence electrons. The van der Waals surface area contributed by atoms with Gasteiger partial charge in [-0.2, -0.15) is 0 Å². The molecule has 1 rings (SSSR count). The summed E-state index contributed by atoms with van der Waals surface area (Å²) in [5.41, 5.74) is 0.480. The van der Waals surface area contributed by atoms with E-state index in [1.807, 2.05) is 6.92 Å². The molecule has 0 saturated heterocycles. The molecule has 0 aromatic heterocycles. The van der Waals surface area contributed by atoms with Crippen LogP contribution >= 0.6 is 0 Å². The van der Waals surface area contributed by atoms with Crippen LogP contribution in [0.25, 0.3) is 0 Å². The van der Waals surface area contributed by atoms with E-state index in [-0.39, 0.29) is 11.3 Å². The molecule has 1 aromatic rings. The number of carbonyl (C=O) groups is 2. The van der Waals surface area contributed by atoms with E-state index in [4.69, 9.17) is 5.11 Å². The van der Waals surface area contributed by atoms with Crippen molar-refractivity contribution < 1.29 is 19.6 Å². The van der Waals surface area contributed by atoms with E-state index in [9.17, 15) is 19.7 Å². The van der Waals surface area contributed by atoms with Crippen molar-refractivity contribution in [1.29, 1.82) is 0 Å². The molecule has 0 heterocycles. The van der Waals surface area contributed by atoms with Crippen molar-refractivity contribution in [2.75, 3.05) is 0 Å². The summed E-state index contributed by atoms with van der Waals surface area (Å²) in [6.07, 6.45) is 1.38. The highest BCUT2D eigenvalue weighted by atomic mass is 16.6. The lowest BCUT2D eigenvalue weighted by molar-refractivity contribution is -0.385. The lowest BCUT2D eigenvalue weighted by Gasteiger charge is -2.13. The molecule has 1 amide bonds. The standard InChI is InChI=1S/C14H18N2O5/c1-3-5-11(14(18)19)15-13(17)10-7-6-9(4-2)12(8-10)16(20)21/h6-8,11H,3-5H2,1-2H3,(H,15,17)(H,18,19). The minimum Gasteiger partial charge on any atom is -0.480 e. The van der Waals surface area contributed by atoms with Gasteiger partial charge in [-0.25, -0.2) is 4.79 Å². The second kappa shape index (κ2) is 7.37. The summed E-state index contributed by atoms with van der Waals surface area (Å²) in [5, 5.41) is 22.3. The van der Waals surface area contributed by atoms with Crippen LogP contribution in [0.5, 0.6) is 0 Å². The average Bonchev–Trinajstić information content (AvgIpc) is 2.45. The maximum Gasteiger partial charge on any atom is 0.326 e. The van der Waals surface area contributed by atoms with Gasteiger partial charge < -0.3 is 10.4 Å². The molecule has 0 radical (unpaired) electrons. The summed E-state index contributed by atoms with van der Waals surface area (Å²) < 4.78 is 0. The number of carboxylic acids is 1. The van der Waals surface area contributed by atoms with Gasteiger partial charge in [0.15, 0.2) is 0 Å². The Morgan fingerprint density at radius 3 is 2.52 bits per heavy atom. The molecular weight excluding hydrogens is 276 g/mol. The van der Waals surface area contributed by atoms with Gasteiger partial charge in [-0.05, 0) is 18.9 Å². The zero-order valence-electron chi connectivity index (χ0n) is 12.0. The van der Waals surface area contributed by atoms with Crippen molar-refractivity contribution in [2.45, 2.75) is 39.2 Å². The number of nitrogens with one attached hydrogen (secondary N) is 1. The molecule has 1 aromatic carbocycles. The molecule has 0 aliphatic rings. The van der Waals surface area contributed by atoms with Gasteiger partial charge in [0.05, 0.1) is 4.92 Å². The van der Waals surface area contributed by atoms with E-state index in [0.29, 0.717) is 24.8 Å². The van der Waals surface area contributed by atoms with Gasteiger partial charge in [0, 0.05) is 17.2 Å². The quantitative estimate of drug-likeness (QED) is 0.591. The molecule has 0 aliphatic heterocycles. The van der Waals surface area contributed by atoms with Gasteiger partial charge in [0.25, 0.3) is 11.6 Å². The Hall–Kier alpha value is -2.44. The van der Waals surface area contributed by atoms with Gasteiger partial charge >= 0.3 is 5.97 Å². The molecular formula is C14H18N2O5. The molecule has 0 bridgehead atoms. The number of benzene rings is 1. The lowest BCUT2D eigenvalue weighted by atomic mass is 10.1. The number of aliphatic carboxylic acids is 1. The van der Waals surface area contributed by atoms with E-state index < -0.39 is 22.8 Å². The fourth-order valence-electron chi connectivity index (χ4n) is 1.96. The maximum atomic E-state index is 12.0. The van der Waals surface area contributed by atoms with Crippen LogP contribution in [0.15, 0.2) is 18.2 Å². The van der Waals surface area contributed by atoms with Crippen LogP contribution < -0.4 is 5.32 Å². The van der Waals surface area contributed by atoms with Crippen LogP contribution in [0, 0.1) is 10.1 Å². The number of amides is 1. The Bertz CT molecular complexity index is 556. The predicted octanol–water partition coefficient (Wildman–Crippen LogP) is 2.14. The second-order valence-corrected chi connectivity index (χ2v) is 4.61. The highest BCUT2D eigenvalue weighted by Gasteiger charge is 2.21. The Kier molecular flexibility index (Phi) is 5.83. The van der Waals surface area contributed by atoms with E-state index >= 15 is 0 Å². The molecule has 2 N–H and O–H groups in total. The van der Waals surface area contributed by atoms with Crippen LogP contribution in [0.3, 0.4) is 0 Å². The molecule has 7 nitrogen and oxygen atoms in total. The third kappa shape index (κ3) is 4.27. The van der Waals surface area contributed by atoms with Crippen molar-refractivity contribution in [2.24, 2.45) is 0 Å². The first-order chi connectivity index (χ1) is 9.90. The number of hydrogen-bond donors (Lipinski definition) is 2. The Morgan fingerprint density at radius 1 is 1.38 bits per heavy atom. The first kappa shape index (κ1) is 16.6. The number of rotatable bonds is 7. The van der Waals surface area contributed by atoms with Crippen LogP contribution in [0.1, 0.15) is 42.6 Å². The van der Waals surface area contributed by atoms with Crippen LogP contribution in [0.2, 0.25) is 0 Å². The van der Waals surface area contributed by atoms with Crippen molar-refractivity contribution >= 4 is 17.6 Å². The molecule has 0 aliphatic carbocycles. The predicted molar refractivity (Wildman–Crippen MR) is 76.3 cm³/mol. The number of nitro benzene ring substituents is 1. The Labute approximate surface area is 122 Å². The van der Waals surface area contributed by atoms with E-state index in [0.717, 1.165) is 0 Å². The third-order valence-corrected chi connectivity index (χ3v) is 3.11. The van der Waals surface area contributed by atoms with Crippen LogP contribution in [-0.2, 0) is 11.2 Å². The smallest absolute Gasteiger partial charge is 0.326 e. The minimum atomic E-state index is -1.12. The maximum absolute atomic E-state index is 12.0. The summed E-state index contributed by atoms with van der Waals surface area (Å²) in [4.78, 5) is 33.4. The SMILES string of the molecule is CCCC(NC(=O)c1ccc(CC)c([N+](=O)[O-])c1)C(=O)O. The normalized spacial score (nSPS) is 11.7. The second-order valence-electron chi connectivity index (χ2n) is 4.61. The first-order valence-electron chi connectivity index (χ1n) is 6.71. The first-order valence-corrected chi connectivity index (χ1v) is 6.71. The van der Waals surface area contributed by atoms with E-state index in [1.54, 1.807) is 6.92 Å². The summed E-state index contributed by atoms with van der Waals surface area (Å²) >= 11 is 0. The molecule has 7 heteroatoms. The number of nitro groups is 1. The van der Waals surface area contributed by atoms with Crippen LogP contribution in [-0.4, -0.2) is 27.9 Å². The molecule has 0 spiro atoms. The Morgan fingerprint density at radius 2 is 2.05 bits per heavy atom. The summed E-state index contributed by atoms with van der Waals surface area (Å²) in [6.45, 7) is 3.59. The fourth-order valence-corrected chi connectivity index (χ4v) is 1.96. The zero-order chi connectivity index (χ0) is 16.0. The lowest BCUT2D eigenvalue weighted by Crippen LogP contribution is -2.40. The van der Waals surface area contributed by atoms with Crippen molar-refractivity contribution in [3.63, 3.8) is 0 Å². The van der Waals surface area contributed by atoms with Gasteiger partial charge in [0.2, 0.25) is 0 Å². The van der Waals surface area contributed by atoms with Gasteiger partial charge in [-0.3, -0.25) is 14.9 Å². The third-order valence-electron chi connectivity index (χ3n) is 3.11. The molecule has 0 fully saturated rings. The van der Waals surface area contributed by atoms with Crippen molar-refractivity contribution in [3.05, 3.63) is 39.4 Å². The number of carboxylic acid groups (broad SMARTS) is 1. The monoisotopic (exact) mass is 294 g/mol. The Balaban J connectivity index is 2.99. The summed E-state index contributed by atoms with van der Waals surface area (Å²) in [7, 11) is 0. The van der Waals surface area contributed by atoms with Crippen molar-refractivity contribution in [1.82, 2.24) is 5.32 Å². The highest BCUT2D eigenvalue weighted by molar-refractivity contribution is 5.97. The van der Waals surface area contributed by atoms with E-state index in [2.05, 4.69) is 5.32 Å². The minimum absolute atomic E-state index is 0.0845. The largest absolute Gasteiger partial charge is 0.480 e. The summed E-state index contributed by atoms with van der Waals surface area (Å²) in [6, 6.07) is 3.17. The van der Waals surface area contributed by atoms with Crippen molar-refractivity contribution in [3.8, 4) is 0 Å². The summed E-state index contributed by atoms with van der Waals surface area (Å²) in [5.74, 6) is -1.74. The van der Waals surface area contributed by atoms with E-state index in [1.165, 1.54) is 18.2 Å². The number of hydrogen-bond acceptors (Lipinski definition) is 4. The average molecular weight is 294 g/mol. The molecule has 1 unspecified atom stereocenters. The van der Waals surface area contributed by atoms with Gasteiger partial charge in [0.1, 0.15) is 6.04 Å². The van der Waals surface area contributed by atoms with Gasteiger partial charge in [-0.15, -0.1) is 0 Å². The number of nitrogens with zero attached hydrogens (tertiary/aromatic N) is 1. The highest BCUT2D eigenvalue weighted by Crippen LogP contribution is 2.21. The number of carbonyl (C=O) groups excluding carboxylic acids is 1. The van der Waals surface area contributed by atoms with Crippen LogP contribution in [0.4, 0.5) is 5.69 Å². The zero-order valence-corrected chi connectivity index (χ0v) is 12.0. The molecule has 1 atom stereocenters. The topological polar surface area (TPSA) is 110 Å². The van der Waals surface area contributed by atoms with Gasteiger partial charge in [-0.1, -0.05) is 26.3 Å². The molecule has 0 saturated carbocycles. The number of aryl methyl sites for hydroxylation is 1. The fraction of sp³-hybridized carbons (Fsp3) is 0.429. The molecule has 21 heavy (non-hydrogen) atoms.